The number of hydrogen-bond acceptors (Lipinski definition) is 0. The van der Waals surface area contributed by atoms with Crippen LogP contribution >= 0.6 is 0 Å². The molecule has 146 heavy (non-hydrogen) atoms. The third kappa shape index (κ3) is 12.7. The van der Waals surface area contributed by atoms with Gasteiger partial charge in [-0.2, -0.15) is 0 Å². The fraction of sp³-hybridized carbons (Fsp3) is 0. The van der Waals surface area contributed by atoms with E-state index in [1.807, 2.05) is 0 Å². The van der Waals surface area contributed by atoms with Crippen molar-refractivity contribution in [1.29, 1.82) is 0 Å². The molecule has 26 aromatic carbocycles. The predicted octanol–water partition coefficient (Wildman–Crippen LogP) is 37.9. The second-order valence-corrected chi connectivity index (χ2v) is 38.7. The van der Waals surface area contributed by atoms with Crippen molar-refractivity contribution in [2.24, 2.45) is 0 Å². The van der Waals surface area contributed by atoms with Gasteiger partial charge in [0, 0.05) is 120 Å². The van der Waals surface area contributed by atoms with Gasteiger partial charge >= 0.3 is 0 Å². The lowest BCUT2D eigenvalue weighted by Gasteiger charge is -2.17. The molecule has 0 spiro atoms. The van der Waals surface area contributed by atoms with Crippen molar-refractivity contribution in [2.75, 3.05) is 0 Å². The first kappa shape index (κ1) is 82.5. The molecule has 678 valence electrons. The molecule has 0 unspecified atom stereocenters. The number of fused-ring (bicyclic) bond motifs is 29. The third-order valence-corrected chi connectivity index (χ3v) is 31.0. The Morgan fingerprint density at radius 2 is 0.329 bits per heavy atom. The summed E-state index contributed by atoms with van der Waals surface area (Å²) in [4.78, 5) is 0. The fourth-order valence-corrected chi connectivity index (χ4v) is 24.8. The molecule has 0 aliphatic carbocycles. The Hall–Kier alpha value is -19.4. The van der Waals surface area contributed by atoms with E-state index in [-0.39, 0.29) is 0 Å². The van der Waals surface area contributed by atoms with Gasteiger partial charge in [0.1, 0.15) is 0 Å². The standard InChI is InChI=1S/C52H32N2.2C44H28N2/c1-3-16-36-33(14-1)30-49(41-20-7-5-18-39(36)41)53-47-26-11-9-22-43(47)45-29-28-35(32-50(45)53)38-24-13-25-46-44-23-10-12-27-48(44)54(52(38)46)51-31-34-15-2-4-17-37(34)40-19-6-8-21-42(40)51;1-2-15-32(16-3-1)45-40-23-10-9-20-37(40)39-22-12-21-35(44(39)45)31-25-26-38-36-19-8-11-24-41(36)46(42(38)28-31)43-33-17-6-4-13-29(33)27-30-14-5-7-18-34(30)43;1-2-14-31(15-3-1)45-40-23-10-9-20-37(40)39-22-12-21-33(44(39)45)30-25-26-38-36-19-8-11-24-41(36)46(43(38)28-30)42-27-29-13-4-5-16-32(29)34-17-6-7-18-35(34)42/h1-32H;2*1-28H. The van der Waals surface area contributed by atoms with Crippen LogP contribution in [0, 0.1) is 0 Å². The van der Waals surface area contributed by atoms with E-state index in [4.69, 9.17) is 0 Å². The normalized spacial score (nSPS) is 12.0. The van der Waals surface area contributed by atoms with Crippen LogP contribution in [-0.2, 0) is 0 Å². The van der Waals surface area contributed by atoms with E-state index < -0.39 is 0 Å². The lowest BCUT2D eigenvalue weighted by atomic mass is 9.98. The first-order valence-electron chi connectivity index (χ1n) is 50.4. The van der Waals surface area contributed by atoms with Crippen LogP contribution < -0.4 is 0 Å². The van der Waals surface area contributed by atoms with E-state index in [2.05, 4.69) is 561 Å². The van der Waals surface area contributed by atoms with Gasteiger partial charge in [-0.15, -0.1) is 0 Å². The zero-order valence-corrected chi connectivity index (χ0v) is 79.5. The van der Waals surface area contributed by atoms with Gasteiger partial charge < -0.3 is 27.4 Å². The van der Waals surface area contributed by atoms with E-state index >= 15 is 0 Å². The Bertz CT molecular complexity index is 11000. The minimum Gasteiger partial charge on any atom is -0.309 e. The molecule has 0 N–H and O–H groups in total. The van der Waals surface area contributed by atoms with Crippen LogP contribution in [0.1, 0.15) is 0 Å². The van der Waals surface area contributed by atoms with E-state index in [9.17, 15) is 0 Å². The summed E-state index contributed by atoms with van der Waals surface area (Å²) in [7, 11) is 0. The van der Waals surface area contributed by atoms with Crippen molar-refractivity contribution in [3.05, 3.63) is 534 Å². The van der Waals surface area contributed by atoms with E-state index in [1.54, 1.807) is 0 Å². The summed E-state index contributed by atoms with van der Waals surface area (Å²) < 4.78 is 14.9. The van der Waals surface area contributed by atoms with Gasteiger partial charge in [-0.05, 0) is 179 Å². The van der Waals surface area contributed by atoms with Crippen LogP contribution in [0.2, 0.25) is 0 Å². The highest BCUT2D eigenvalue weighted by molar-refractivity contribution is 6.24. The number of hydrogen-bond donors (Lipinski definition) is 0. The van der Waals surface area contributed by atoms with Gasteiger partial charge in [0.2, 0.25) is 0 Å². The minimum absolute atomic E-state index is 1.17. The molecule has 0 saturated heterocycles. The molecule has 6 nitrogen and oxygen atoms in total. The van der Waals surface area contributed by atoms with Crippen molar-refractivity contribution in [3.63, 3.8) is 0 Å². The number of benzene rings is 26. The molecular weight excluding hydrogens is 1770 g/mol. The zero-order chi connectivity index (χ0) is 95.7. The second kappa shape index (κ2) is 33.1. The maximum atomic E-state index is 2.52. The van der Waals surface area contributed by atoms with E-state index in [0.29, 0.717) is 0 Å². The Morgan fingerprint density at radius 3 is 0.664 bits per heavy atom. The Labute approximate surface area is 839 Å². The smallest absolute Gasteiger partial charge is 0.0619 e. The average molecular weight is 1850 g/mol. The Balaban J connectivity index is 0.000000102. The molecule has 0 amide bonds. The molecule has 32 aromatic rings. The van der Waals surface area contributed by atoms with Gasteiger partial charge in [-0.1, -0.05) is 431 Å². The van der Waals surface area contributed by atoms with Crippen LogP contribution in [0.25, 0.3) is 285 Å². The van der Waals surface area contributed by atoms with Crippen LogP contribution in [0.3, 0.4) is 0 Å². The molecule has 6 heteroatoms. The van der Waals surface area contributed by atoms with Gasteiger partial charge in [0.05, 0.1) is 88.9 Å². The summed E-state index contributed by atoms with van der Waals surface area (Å²) in [6.07, 6.45) is 0. The first-order valence-corrected chi connectivity index (χ1v) is 50.4. The number of aromatic nitrogens is 6. The lowest BCUT2D eigenvalue weighted by molar-refractivity contribution is 1.18. The van der Waals surface area contributed by atoms with Gasteiger partial charge in [-0.25, -0.2) is 0 Å². The summed E-state index contributed by atoms with van der Waals surface area (Å²) in [6.45, 7) is 0. The summed E-state index contributed by atoms with van der Waals surface area (Å²) in [5.74, 6) is 0. The molecule has 0 aliphatic rings. The highest BCUT2D eigenvalue weighted by Crippen LogP contribution is 2.50. The third-order valence-electron chi connectivity index (χ3n) is 31.0. The fourth-order valence-electron chi connectivity index (χ4n) is 24.8. The molecular formula is C140H88N6. The molecule has 6 aromatic heterocycles. The first-order chi connectivity index (χ1) is 72.5. The summed E-state index contributed by atoms with van der Waals surface area (Å²) >= 11 is 0. The topological polar surface area (TPSA) is 29.6 Å². The van der Waals surface area contributed by atoms with E-state index in [0.717, 1.165) is 0 Å². The maximum absolute atomic E-state index is 2.52. The summed E-state index contributed by atoms with van der Waals surface area (Å²) in [5.41, 5.74) is 29.0. The van der Waals surface area contributed by atoms with Gasteiger partial charge in [0.25, 0.3) is 0 Å². The summed E-state index contributed by atoms with van der Waals surface area (Å²) in [5, 5.41) is 35.2. The number of para-hydroxylation sites is 11. The molecule has 0 saturated carbocycles. The lowest BCUT2D eigenvalue weighted by Crippen LogP contribution is -1.98. The molecule has 0 fully saturated rings. The number of rotatable bonds is 9. The molecule has 0 aliphatic heterocycles. The molecule has 0 radical (unpaired) electrons. The van der Waals surface area contributed by atoms with Crippen LogP contribution in [0.4, 0.5) is 0 Å². The largest absolute Gasteiger partial charge is 0.309 e. The highest BCUT2D eigenvalue weighted by Gasteiger charge is 2.28. The van der Waals surface area contributed by atoms with Crippen molar-refractivity contribution in [2.45, 2.75) is 0 Å². The Morgan fingerprint density at radius 1 is 0.110 bits per heavy atom. The second-order valence-electron chi connectivity index (χ2n) is 38.7. The highest BCUT2D eigenvalue weighted by atomic mass is 15.0. The molecule has 0 atom stereocenters. The average Bonchev–Trinajstić information content (AvgIpc) is 1.57. The van der Waals surface area contributed by atoms with E-state index in [1.165, 1.54) is 285 Å². The zero-order valence-electron chi connectivity index (χ0n) is 79.5. The predicted molar refractivity (Wildman–Crippen MR) is 622 cm³/mol. The monoisotopic (exact) mass is 1850 g/mol. The van der Waals surface area contributed by atoms with Crippen LogP contribution in [0.15, 0.2) is 534 Å². The summed E-state index contributed by atoms with van der Waals surface area (Å²) in [6, 6.07) is 196. The molecule has 0 bridgehead atoms. The molecule has 32 rings (SSSR count). The van der Waals surface area contributed by atoms with Crippen LogP contribution in [-0.4, -0.2) is 27.4 Å². The van der Waals surface area contributed by atoms with Crippen LogP contribution in [0.5, 0.6) is 0 Å². The van der Waals surface area contributed by atoms with Crippen molar-refractivity contribution in [1.82, 2.24) is 27.4 Å². The number of nitrogens with zero attached hydrogens (tertiary/aromatic N) is 6. The maximum Gasteiger partial charge on any atom is 0.0619 e. The van der Waals surface area contributed by atoms with Crippen molar-refractivity contribution in [3.8, 4) is 67.5 Å². The minimum atomic E-state index is 1.17. The van der Waals surface area contributed by atoms with Gasteiger partial charge in [0.15, 0.2) is 0 Å². The van der Waals surface area contributed by atoms with Crippen molar-refractivity contribution >= 4 is 217 Å². The Kier molecular flexibility index (Phi) is 18.7. The molecule has 6 heterocycles. The quantitative estimate of drug-likeness (QED) is 0.102. The van der Waals surface area contributed by atoms with Gasteiger partial charge in [-0.3, -0.25) is 0 Å². The van der Waals surface area contributed by atoms with Crippen molar-refractivity contribution < 1.29 is 0 Å². The SMILES string of the molecule is c1ccc(-n2c3ccccc3c3cccc(-c4ccc5c6ccccc6n(-c6c7ccccc7cc7ccccc67)c5c4)c32)cc1.c1ccc(-n2c3ccccc3c3cccc(-c4ccc5c6ccccc6n(-c6cc7ccccc7c7ccccc67)c5c4)c32)cc1.c1ccc2c(c1)cc(-n1c3ccccc3c3ccc(-c4cccc5c6ccccc6n(-c6cc7ccccc7c7ccccc67)c45)cc31)c1ccccc12.